The predicted molar refractivity (Wildman–Crippen MR) is 109 cm³/mol. The first-order chi connectivity index (χ1) is 13.9. The van der Waals surface area contributed by atoms with Crippen LogP contribution in [0.5, 0.6) is 5.75 Å². The van der Waals surface area contributed by atoms with Crippen LogP contribution in [0, 0.1) is 12.8 Å². The zero-order valence-electron chi connectivity index (χ0n) is 15.9. The molecular weight excluding hydrogens is 392 g/mol. The van der Waals surface area contributed by atoms with E-state index in [-0.39, 0.29) is 5.75 Å². The van der Waals surface area contributed by atoms with Gasteiger partial charge < -0.3 is 10.2 Å². The summed E-state index contributed by atoms with van der Waals surface area (Å²) in [4.78, 5) is 16.9. The summed E-state index contributed by atoms with van der Waals surface area (Å²) in [5, 5.41) is 29.0. The number of fused-ring (bicyclic) bond motifs is 3. The number of aliphatic carboxylic acids is 1. The molecule has 4 rings (SSSR count). The number of carbonyl (C=O) groups is 1. The number of carboxylic acid groups (broad SMARTS) is 1. The molecule has 2 N–H and O–H groups in total. The molecule has 3 aromatic rings. The summed E-state index contributed by atoms with van der Waals surface area (Å²) in [6, 6.07) is 11.4. The van der Waals surface area contributed by atoms with Gasteiger partial charge in [0.25, 0.3) is 0 Å². The lowest BCUT2D eigenvalue weighted by Gasteiger charge is -2.18. The zero-order valence-corrected chi connectivity index (χ0v) is 16.6. The van der Waals surface area contributed by atoms with Gasteiger partial charge in [-0.3, -0.25) is 14.4 Å². The zero-order chi connectivity index (χ0) is 20.7. The van der Waals surface area contributed by atoms with Gasteiger partial charge in [-0.05, 0) is 43.7 Å². The van der Waals surface area contributed by atoms with E-state index in [4.69, 9.17) is 16.6 Å². The molecule has 2 aromatic carbocycles. The van der Waals surface area contributed by atoms with Crippen LogP contribution in [0.3, 0.4) is 0 Å². The van der Waals surface area contributed by atoms with Crippen molar-refractivity contribution in [1.82, 2.24) is 14.8 Å². The van der Waals surface area contributed by atoms with E-state index in [1.807, 2.05) is 23.6 Å². The summed E-state index contributed by atoms with van der Waals surface area (Å²) in [5.74, 6) is -0.556. The second-order valence-electron chi connectivity index (χ2n) is 6.92. The molecule has 0 fully saturated rings. The van der Waals surface area contributed by atoms with Crippen molar-refractivity contribution in [3.05, 3.63) is 70.3 Å². The highest BCUT2D eigenvalue weighted by atomic mass is 35.5. The second kappa shape index (κ2) is 7.33. The molecule has 0 aliphatic carbocycles. The Hall–Kier alpha value is -3.19. The van der Waals surface area contributed by atoms with Crippen molar-refractivity contribution in [2.75, 3.05) is 0 Å². The van der Waals surface area contributed by atoms with Crippen LogP contribution < -0.4 is 0 Å². The van der Waals surface area contributed by atoms with Crippen LogP contribution in [-0.2, 0) is 4.79 Å². The van der Waals surface area contributed by atoms with Crippen molar-refractivity contribution in [3.63, 3.8) is 0 Å². The highest BCUT2D eigenvalue weighted by Gasteiger charge is 2.36. The number of aromatic hydroxyl groups is 1. The van der Waals surface area contributed by atoms with Crippen LogP contribution in [0.15, 0.2) is 47.5 Å². The summed E-state index contributed by atoms with van der Waals surface area (Å²) in [6.07, 6.45) is 0.380. The molecule has 1 aliphatic heterocycles. The number of phenols is 1. The molecule has 148 valence electrons. The third-order valence-corrected chi connectivity index (χ3v) is 5.37. The average Bonchev–Trinajstić information content (AvgIpc) is 3.00. The van der Waals surface area contributed by atoms with Crippen molar-refractivity contribution >= 4 is 23.3 Å². The number of hydrogen-bond acceptors (Lipinski definition) is 5. The number of halogens is 1. The lowest BCUT2D eigenvalue weighted by Crippen LogP contribution is -2.23. The maximum absolute atomic E-state index is 12.0. The van der Waals surface area contributed by atoms with Crippen LogP contribution in [-0.4, -0.2) is 36.7 Å². The second-order valence-corrected chi connectivity index (χ2v) is 7.36. The fourth-order valence-electron chi connectivity index (χ4n) is 3.68. The van der Waals surface area contributed by atoms with E-state index in [2.05, 4.69) is 10.2 Å². The van der Waals surface area contributed by atoms with E-state index in [0.29, 0.717) is 34.4 Å². The standard InChI is InChI=1S/C21H19ClN4O3/c1-3-15(21(28)29)19-20-25-24-11(2)26(20)17-9-8-14(27)10-16(17)18(23-19)12-4-6-13(22)7-5-12/h4-10,15,19,27H,3H2,1-2H3,(H,28,29)/t15?,19-/m0/s1. The molecule has 0 saturated heterocycles. The minimum Gasteiger partial charge on any atom is -0.508 e. The largest absolute Gasteiger partial charge is 0.508 e. The van der Waals surface area contributed by atoms with Crippen LogP contribution in [0.4, 0.5) is 0 Å². The Kier molecular flexibility index (Phi) is 4.84. The van der Waals surface area contributed by atoms with E-state index in [0.717, 1.165) is 11.3 Å². The van der Waals surface area contributed by atoms with Gasteiger partial charge in [-0.1, -0.05) is 30.7 Å². The van der Waals surface area contributed by atoms with Crippen molar-refractivity contribution in [1.29, 1.82) is 0 Å². The number of hydrogen-bond donors (Lipinski definition) is 2. The Morgan fingerprint density at radius 2 is 1.93 bits per heavy atom. The molecule has 1 aliphatic rings. The molecule has 0 bridgehead atoms. The van der Waals surface area contributed by atoms with Gasteiger partial charge in [-0.15, -0.1) is 10.2 Å². The van der Waals surface area contributed by atoms with Crippen LogP contribution in [0.1, 0.15) is 42.2 Å². The molecule has 2 atom stereocenters. The van der Waals surface area contributed by atoms with Gasteiger partial charge in [0, 0.05) is 16.1 Å². The van der Waals surface area contributed by atoms with Crippen molar-refractivity contribution in [3.8, 4) is 11.4 Å². The summed E-state index contributed by atoms with van der Waals surface area (Å²) < 4.78 is 1.82. The van der Waals surface area contributed by atoms with Crippen LogP contribution in [0.2, 0.25) is 5.02 Å². The highest BCUT2D eigenvalue weighted by Crippen LogP contribution is 2.37. The van der Waals surface area contributed by atoms with Crippen molar-refractivity contribution < 1.29 is 15.0 Å². The van der Waals surface area contributed by atoms with E-state index in [9.17, 15) is 15.0 Å². The van der Waals surface area contributed by atoms with Crippen molar-refractivity contribution in [2.45, 2.75) is 26.3 Å². The topological polar surface area (TPSA) is 101 Å². The van der Waals surface area contributed by atoms with Gasteiger partial charge in [0.2, 0.25) is 0 Å². The quantitative estimate of drug-likeness (QED) is 0.678. The summed E-state index contributed by atoms with van der Waals surface area (Å²) >= 11 is 6.05. The fraction of sp³-hybridized carbons (Fsp3) is 0.238. The summed E-state index contributed by atoms with van der Waals surface area (Å²) in [5.41, 5.74) is 2.74. The Morgan fingerprint density at radius 1 is 1.21 bits per heavy atom. The molecular formula is C21H19ClN4O3. The minimum absolute atomic E-state index is 0.0846. The van der Waals surface area contributed by atoms with E-state index in [1.54, 1.807) is 37.3 Å². The average molecular weight is 411 g/mol. The van der Waals surface area contributed by atoms with Gasteiger partial charge in [0.1, 0.15) is 17.6 Å². The maximum atomic E-state index is 12.0. The number of aryl methyl sites for hydroxylation is 1. The molecule has 0 amide bonds. The third-order valence-electron chi connectivity index (χ3n) is 5.11. The number of nitrogens with zero attached hydrogens (tertiary/aromatic N) is 4. The van der Waals surface area contributed by atoms with Gasteiger partial charge in [-0.25, -0.2) is 0 Å². The number of carboxylic acids is 1. The molecule has 0 radical (unpaired) electrons. The van der Waals surface area contributed by atoms with Gasteiger partial charge in [-0.2, -0.15) is 0 Å². The van der Waals surface area contributed by atoms with Gasteiger partial charge in [0.05, 0.1) is 17.3 Å². The first-order valence-corrected chi connectivity index (χ1v) is 9.60. The monoisotopic (exact) mass is 410 g/mol. The molecule has 7 nitrogen and oxygen atoms in total. The minimum atomic E-state index is -0.947. The van der Waals surface area contributed by atoms with Gasteiger partial charge >= 0.3 is 5.97 Å². The fourth-order valence-corrected chi connectivity index (χ4v) is 3.81. The number of phenolic OH excluding ortho intramolecular Hbond substituents is 1. The Bertz CT molecular complexity index is 1120. The Morgan fingerprint density at radius 3 is 2.59 bits per heavy atom. The molecule has 8 heteroatoms. The Balaban J connectivity index is 2.05. The number of aliphatic imine (C=N–C) groups is 1. The number of benzene rings is 2. The SMILES string of the molecule is CCC(C(=O)O)[C@@H]1N=C(c2ccc(Cl)cc2)c2cc(O)ccc2-n2c(C)nnc21. The normalized spacial score (nSPS) is 16.4. The predicted octanol–water partition coefficient (Wildman–Crippen LogP) is 3.94. The number of rotatable bonds is 4. The molecule has 1 aromatic heterocycles. The van der Waals surface area contributed by atoms with E-state index >= 15 is 0 Å². The molecule has 0 saturated carbocycles. The van der Waals surface area contributed by atoms with Crippen molar-refractivity contribution in [2.24, 2.45) is 10.9 Å². The van der Waals surface area contributed by atoms with E-state index < -0.39 is 17.9 Å². The summed E-state index contributed by atoms with van der Waals surface area (Å²) in [7, 11) is 0. The molecule has 0 spiro atoms. The lowest BCUT2D eigenvalue weighted by molar-refractivity contribution is -0.142. The maximum Gasteiger partial charge on any atom is 0.309 e. The Labute approximate surface area is 172 Å². The molecule has 2 heterocycles. The summed E-state index contributed by atoms with van der Waals surface area (Å²) in [6.45, 7) is 3.62. The molecule has 1 unspecified atom stereocenters. The number of aromatic nitrogens is 3. The van der Waals surface area contributed by atoms with Crippen LogP contribution in [0.25, 0.3) is 5.69 Å². The first kappa shape index (κ1) is 19.1. The third kappa shape index (κ3) is 3.27. The van der Waals surface area contributed by atoms with E-state index in [1.165, 1.54) is 0 Å². The first-order valence-electron chi connectivity index (χ1n) is 9.23. The smallest absolute Gasteiger partial charge is 0.309 e. The van der Waals surface area contributed by atoms with Gasteiger partial charge in [0.15, 0.2) is 5.82 Å². The molecule has 29 heavy (non-hydrogen) atoms. The lowest BCUT2D eigenvalue weighted by atomic mass is 9.96. The highest BCUT2D eigenvalue weighted by molar-refractivity contribution is 6.30. The van der Waals surface area contributed by atoms with Crippen LogP contribution >= 0.6 is 11.6 Å².